The quantitative estimate of drug-likeness (QED) is 0.212. The van der Waals surface area contributed by atoms with E-state index in [1.807, 2.05) is 49.4 Å². The molecule has 2 rings (SSSR count). The van der Waals surface area contributed by atoms with Crippen LogP contribution in [0.1, 0.15) is 37.0 Å². The molecule has 5 nitrogen and oxygen atoms in total. The molecule has 0 aliphatic carbocycles. The Kier molecular flexibility index (Phi) is 11.9. The third kappa shape index (κ3) is 9.62. The molecule has 2 aromatic rings. The molecule has 29 heavy (non-hydrogen) atoms. The number of hydrogen-bond acceptors (Lipinski definition) is 3. The molecule has 0 aliphatic rings. The zero-order valence-electron chi connectivity index (χ0n) is 17.2. The van der Waals surface area contributed by atoms with E-state index in [0.717, 1.165) is 18.5 Å². The van der Waals surface area contributed by atoms with Crippen molar-refractivity contribution in [1.82, 2.24) is 10.6 Å². The Balaban J connectivity index is 0.00000420. The first kappa shape index (κ1) is 25.4. The standard InChI is InChI=1S/C22H31N3O2S.HI/c1-3-20-13-8-9-14-21(20)17-25-22(23-4-2)24-15-10-16-28(26,27)18-19-11-6-5-7-12-19;/h5-9,11-14H,3-4,10,15-18H2,1-2H3,(H2,23,24,25);1H. The van der Waals surface area contributed by atoms with Crippen LogP contribution in [-0.4, -0.2) is 33.2 Å². The summed E-state index contributed by atoms with van der Waals surface area (Å²) < 4.78 is 24.6. The molecule has 0 saturated heterocycles. The van der Waals surface area contributed by atoms with Crippen molar-refractivity contribution in [2.24, 2.45) is 4.99 Å². The lowest BCUT2D eigenvalue weighted by molar-refractivity contribution is 0.591. The molecular formula is C22H32IN3O2S. The lowest BCUT2D eigenvalue weighted by Crippen LogP contribution is -2.38. The topological polar surface area (TPSA) is 70.6 Å². The van der Waals surface area contributed by atoms with Gasteiger partial charge in [0.05, 0.1) is 18.1 Å². The molecule has 7 heteroatoms. The molecule has 0 heterocycles. The average Bonchev–Trinajstić information content (AvgIpc) is 2.70. The van der Waals surface area contributed by atoms with Crippen molar-refractivity contribution in [3.05, 3.63) is 71.3 Å². The molecule has 0 bridgehead atoms. The van der Waals surface area contributed by atoms with Gasteiger partial charge in [-0.05, 0) is 36.5 Å². The largest absolute Gasteiger partial charge is 0.357 e. The summed E-state index contributed by atoms with van der Waals surface area (Å²) in [5.74, 6) is 0.969. The molecular weight excluding hydrogens is 497 g/mol. The molecule has 0 unspecified atom stereocenters. The highest BCUT2D eigenvalue weighted by atomic mass is 127. The number of hydrogen-bond donors (Lipinski definition) is 2. The normalized spacial score (nSPS) is 11.6. The second kappa shape index (κ2) is 13.6. The molecule has 2 N–H and O–H groups in total. The van der Waals surface area contributed by atoms with E-state index in [-0.39, 0.29) is 35.5 Å². The Hall–Kier alpha value is -1.61. The predicted octanol–water partition coefficient (Wildman–Crippen LogP) is 3.93. The molecule has 0 fully saturated rings. The van der Waals surface area contributed by atoms with Crippen LogP contribution in [0.3, 0.4) is 0 Å². The van der Waals surface area contributed by atoms with Crippen LogP contribution in [0.25, 0.3) is 0 Å². The van der Waals surface area contributed by atoms with Crippen molar-refractivity contribution in [1.29, 1.82) is 0 Å². The minimum Gasteiger partial charge on any atom is -0.357 e. The van der Waals surface area contributed by atoms with E-state index < -0.39 is 9.84 Å². The second-order valence-corrected chi connectivity index (χ2v) is 8.86. The Bertz CT molecular complexity index is 855. The van der Waals surface area contributed by atoms with E-state index in [1.54, 1.807) is 0 Å². The molecule has 2 aromatic carbocycles. The number of guanidine groups is 1. The van der Waals surface area contributed by atoms with E-state index in [2.05, 4.69) is 34.7 Å². The van der Waals surface area contributed by atoms with Crippen molar-refractivity contribution in [2.75, 3.05) is 18.8 Å². The van der Waals surface area contributed by atoms with Gasteiger partial charge in [0.15, 0.2) is 15.8 Å². The summed E-state index contributed by atoms with van der Waals surface area (Å²) in [7, 11) is -3.11. The number of aryl methyl sites for hydroxylation is 1. The SMILES string of the molecule is CCNC(=NCc1ccccc1CC)NCCCS(=O)(=O)Cc1ccccc1.I. The van der Waals surface area contributed by atoms with Crippen LogP contribution >= 0.6 is 24.0 Å². The summed E-state index contributed by atoms with van der Waals surface area (Å²) >= 11 is 0. The monoisotopic (exact) mass is 529 g/mol. The number of rotatable bonds is 10. The van der Waals surface area contributed by atoms with Crippen molar-refractivity contribution in [3.63, 3.8) is 0 Å². The molecule has 0 atom stereocenters. The van der Waals surface area contributed by atoms with Crippen LogP contribution in [0.2, 0.25) is 0 Å². The molecule has 0 radical (unpaired) electrons. The van der Waals surface area contributed by atoms with E-state index in [9.17, 15) is 8.42 Å². The molecule has 0 spiro atoms. The number of sulfone groups is 1. The van der Waals surface area contributed by atoms with Crippen LogP contribution in [-0.2, 0) is 28.6 Å². The van der Waals surface area contributed by atoms with Gasteiger partial charge in [0, 0.05) is 13.1 Å². The van der Waals surface area contributed by atoms with Gasteiger partial charge in [-0.2, -0.15) is 0 Å². The van der Waals surface area contributed by atoms with E-state index >= 15 is 0 Å². The van der Waals surface area contributed by atoms with Gasteiger partial charge in [-0.25, -0.2) is 13.4 Å². The highest BCUT2D eigenvalue weighted by Gasteiger charge is 2.11. The Labute approximate surface area is 192 Å². The highest BCUT2D eigenvalue weighted by molar-refractivity contribution is 14.0. The fourth-order valence-electron chi connectivity index (χ4n) is 2.96. The van der Waals surface area contributed by atoms with Crippen molar-refractivity contribution >= 4 is 39.8 Å². The first-order valence-electron chi connectivity index (χ1n) is 9.87. The lowest BCUT2D eigenvalue weighted by atomic mass is 10.1. The van der Waals surface area contributed by atoms with Crippen molar-refractivity contribution < 1.29 is 8.42 Å². The fraction of sp³-hybridized carbons (Fsp3) is 0.409. The Morgan fingerprint density at radius 2 is 1.59 bits per heavy atom. The molecule has 0 saturated carbocycles. The van der Waals surface area contributed by atoms with Crippen LogP contribution in [0.4, 0.5) is 0 Å². The van der Waals surface area contributed by atoms with Crippen LogP contribution < -0.4 is 10.6 Å². The molecule has 0 amide bonds. The molecule has 0 aliphatic heterocycles. The lowest BCUT2D eigenvalue weighted by Gasteiger charge is -2.12. The smallest absolute Gasteiger partial charge is 0.191 e. The van der Waals surface area contributed by atoms with Gasteiger partial charge in [0.25, 0.3) is 0 Å². The number of nitrogens with one attached hydrogen (secondary N) is 2. The maximum atomic E-state index is 12.3. The number of aliphatic imine (C=N–C) groups is 1. The minimum atomic E-state index is -3.11. The van der Waals surface area contributed by atoms with Crippen molar-refractivity contribution in [3.8, 4) is 0 Å². The minimum absolute atomic E-state index is 0. The van der Waals surface area contributed by atoms with Gasteiger partial charge < -0.3 is 10.6 Å². The molecule has 0 aromatic heterocycles. The summed E-state index contributed by atoms with van der Waals surface area (Å²) in [5.41, 5.74) is 3.35. The van der Waals surface area contributed by atoms with Crippen molar-refractivity contribution in [2.45, 2.75) is 39.0 Å². The van der Waals surface area contributed by atoms with Gasteiger partial charge in [-0.1, -0.05) is 61.5 Å². The van der Waals surface area contributed by atoms with Gasteiger partial charge >= 0.3 is 0 Å². The average molecular weight is 529 g/mol. The Morgan fingerprint density at radius 3 is 2.24 bits per heavy atom. The highest BCUT2D eigenvalue weighted by Crippen LogP contribution is 2.10. The summed E-state index contributed by atoms with van der Waals surface area (Å²) in [4.78, 5) is 4.64. The first-order valence-corrected chi connectivity index (χ1v) is 11.7. The first-order chi connectivity index (χ1) is 13.5. The van der Waals surface area contributed by atoms with Gasteiger partial charge in [-0.15, -0.1) is 24.0 Å². The van der Waals surface area contributed by atoms with E-state index in [4.69, 9.17) is 0 Å². The second-order valence-electron chi connectivity index (χ2n) is 6.68. The number of halogens is 1. The summed E-state index contributed by atoms with van der Waals surface area (Å²) in [6, 6.07) is 17.6. The maximum Gasteiger partial charge on any atom is 0.191 e. The molecule has 160 valence electrons. The third-order valence-corrected chi connectivity index (χ3v) is 6.09. The van der Waals surface area contributed by atoms with E-state index in [1.165, 1.54) is 11.1 Å². The van der Waals surface area contributed by atoms with Gasteiger partial charge in [0.2, 0.25) is 0 Å². The maximum absolute atomic E-state index is 12.3. The number of nitrogens with zero attached hydrogens (tertiary/aromatic N) is 1. The zero-order valence-corrected chi connectivity index (χ0v) is 20.4. The third-order valence-electron chi connectivity index (χ3n) is 4.40. The van der Waals surface area contributed by atoms with Crippen LogP contribution in [0.5, 0.6) is 0 Å². The van der Waals surface area contributed by atoms with Crippen LogP contribution in [0.15, 0.2) is 59.6 Å². The van der Waals surface area contributed by atoms with Crippen LogP contribution in [0, 0.1) is 0 Å². The Morgan fingerprint density at radius 1 is 0.931 bits per heavy atom. The van der Waals surface area contributed by atoms with E-state index in [0.29, 0.717) is 25.5 Å². The summed E-state index contributed by atoms with van der Waals surface area (Å²) in [5, 5.41) is 6.46. The fourth-order valence-corrected chi connectivity index (χ4v) is 4.39. The van der Waals surface area contributed by atoms with Gasteiger partial charge in [-0.3, -0.25) is 0 Å². The summed E-state index contributed by atoms with van der Waals surface area (Å²) in [6.45, 7) is 6.08. The predicted molar refractivity (Wildman–Crippen MR) is 133 cm³/mol. The zero-order chi connectivity index (χ0) is 20.2. The van der Waals surface area contributed by atoms with Gasteiger partial charge in [0.1, 0.15) is 0 Å². The summed E-state index contributed by atoms with van der Waals surface area (Å²) in [6.07, 6.45) is 1.53. The number of benzene rings is 2.